The Morgan fingerprint density at radius 3 is 1.88 bits per heavy atom. The van der Waals surface area contributed by atoms with Crippen LogP contribution in [0, 0.1) is 0 Å². The predicted octanol–water partition coefficient (Wildman–Crippen LogP) is -2.15. The van der Waals surface area contributed by atoms with Gasteiger partial charge in [0.25, 0.3) is 5.56 Å². The van der Waals surface area contributed by atoms with E-state index in [1.54, 1.807) is 0 Å². The molecule has 10 heteroatoms. The highest BCUT2D eigenvalue weighted by Crippen LogP contribution is 2.16. The van der Waals surface area contributed by atoms with Gasteiger partial charge in [-0.3, -0.25) is 23.5 Å². The van der Waals surface area contributed by atoms with E-state index in [1.807, 2.05) is 0 Å². The third-order valence-electron chi connectivity index (χ3n) is 4.51. The molecule has 2 aromatic heterocycles. The lowest BCUT2D eigenvalue weighted by molar-refractivity contribution is 0.362. The summed E-state index contributed by atoms with van der Waals surface area (Å²) in [6, 6.07) is 0. The number of nitrogens with one attached hydrogen (secondary N) is 1. The SMILES string of the molecule is O=c1c2c([nH]c(=O)n2CC2CO2)n(CC2CO2)c(=O)n1CC1CO1. The molecular formula is C14H16N4O6. The molecule has 5 rings (SSSR count). The lowest BCUT2D eigenvalue weighted by Crippen LogP contribution is -2.42. The first kappa shape index (κ1) is 14.2. The maximum Gasteiger partial charge on any atom is 0.332 e. The van der Waals surface area contributed by atoms with Crippen LogP contribution in [0.15, 0.2) is 14.4 Å². The maximum atomic E-state index is 12.8. The Kier molecular flexibility index (Phi) is 2.91. The number of H-pyrrole nitrogens is 1. The van der Waals surface area contributed by atoms with E-state index in [4.69, 9.17) is 14.2 Å². The van der Waals surface area contributed by atoms with Crippen molar-refractivity contribution >= 4 is 11.2 Å². The molecular weight excluding hydrogens is 320 g/mol. The molecule has 10 nitrogen and oxygen atoms in total. The summed E-state index contributed by atoms with van der Waals surface area (Å²) < 4.78 is 19.5. The molecule has 3 fully saturated rings. The zero-order valence-corrected chi connectivity index (χ0v) is 12.8. The molecule has 3 aliphatic heterocycles. The average Bonchev–Trinajstić information content (AvgIpc) is 3.41. The van der Waals surface area contributed by atoms with E-state index in [9.17, 15) is 14.4 Å². The lowest BCUT2D eigenvalue weighted by Gasteiger charge is -2.10. The number of hydrogen-bond acceptors (Lipinski definition) is 6. The third kappa shape index (κ3) is 2.34. The molecule has 1 N–H and O–H groups in total. The molecule has 3 aliphatic rings. The topological polar surface area (TPSA) is 119 Å². The summed E-state index contributed by atoms with van der Waals surface area (Å²) in [6.45, 7) is 2.47. The van der Waals surface area contributed by atoms with E-state index >= 15 is 0 Å². The van der Waals surface area contributed by atoms with Gasteiger partial charge < -0.3 is 14.2 Å². The van der Waals surface area contributed by atoms with Crippen LogP contribution in [0.25, 0.3) is 11.2 Å². The summed E-state index contributed by atoms with van der Waals surface area (Å²) in [4.78, 5) is 40.5. The van der Waals surface area contributed by atoms with E-state index < -0.39 is 16.9 Å². The number of aromatic amines is 1. The largest absolute Gasteiger partial charge is 0.371 e. The minimum absolute atomic E-state index is 0.0616. The molecule has 0 aliphatic carbocycles. The van der Waals surface area contributed by atoms with Crippen LogP contribution in [0.5, 0.6) is 0 Å². The van der Waals surface area contributed by atoms with Crippen LogP contribution < -0.4 is 16.9 Å². The van der Waals surface area contributed by atoms with Crippen LogP contribution in [-0.2, 0) is 33.8 Å². The minimum atomic E-state index is -0.475. The number of hydrogen-bond donors (Lipinski definition) is 1. The number of rotatable bonds is 6. The summed E-state index contributed by atoms with van der Waals surface area (Å²) in [5.74, 6) is 0. The second kappa shape index (κ2) is 4.91. The fraction of sp³-hybridized carbons (Fsp3) is 0.643. The summed E-state index contributed by atoms with van der Waals surface area (Å²) in [5, 5.41) is 0. The molecule has 3 unspecified atom stereocenters. The van der Waals surface area contributed by atoms with Gasteiger partial charge >= 0.3 is 11.4 Å². The Bertz CT molecular complexity index is 986. The van der Waals surface area contributed by atoms with Gasteiger partial charge in [-0.25, -0.2) is 9.59 Å². The van der Waals surface area contributed by atoms with Gasteiger partial charge in [0.2, 0.25) is 0 Å². The first-order valence-electron chi connectivity index (χ1n) is 7.93. The van der Waals surface area contributed by atoms with Gasteiger partial charge in [-0.2, -0.15) is 0 Å². The van der Waals surface area contributed by atoms with Crippen molar-refractivity contribution in [1.29, 1.82) is 0 Å². The van der Waals surface area contributed by atoms with Crippen LogP contribution in [0.2, 0.25) is 0 Å². The van der Waals surface area contributed by atoms with Crippen LogP contribution >= 0.6 is 0 Å². The normalized spacial score (nSPS) is 27.6. The monoisotopic (exact) mass is 336 g/mol. The van der Waals surface area contributed by atoms with Gasteiger partial charge in [-0.1, -0.05) is 0 Å². The van der Waals surface area contributed by atoms with Crippen LogP contribution in [0.1, 0.15) is 0 Å². The highest BCUT2D eigenvalue weighted by atomic mass is 16.6. The summed E-state index contributed by atoms with van der Waals surface area (Å²) in [6.07, 6.45) is -0.245. The molecule has 128 valence electrons. The number of imidazole rings is 1. The van der Waals surface area contributed by atoms with Gasteiger partial charge in [0.05, 0.1) is 57.8 Å². The number of epoxide rings is 3. The van der Waals surface area contributed by atoms with Crippen molar-refractivity contribution in [1.82, 2.24) is 18.7 Å². The second-order valence-electron chi connectivity index (χ2n) is 6.41. The van der Waals surface area contributed by atoms with Crippen molar-refractivity contribution in [3.8, 4) is 0 Å². The number of fused-ring (bicyclic) bond motifs is 1. The number of ether oxygens (including phenoxy) is 3. The van der Waals surface area contributed by atoms with Crippen molar-refractivity contribution in [2.24, 2.45) is 0 Å². The highest BCUT2D eigenvalue weighted by Gasteiger charge is 2.31. The van der Waals surface area contributed by atoms with E-state index in [1.165, 1.54) is 9.13 Å². The Morgan fingerprint density at radius 1 is 0.833 bits per heavy atom. The fourth-order valence-electron chi connectivity index (χ4n) is 2.96. The first-order valence-corrected chi connectivity index (χ1v) is 7.93. The van der Waals surface area contributed by atoms with Gasteiger partial charge in [-0.05, 0) is 0 Å². The predicted molar refractivity (Wildman–Crippen MR) is 80.3 cm³/mol. The Hall–Kier alpha value is -2.17. The molecule has 0 amide bonds. The molecule has 0 spiro atoms. The molecule has 2 aromatic rings. The van der Waals surface area contributed by atoms with Crippen LogP contribution in [0.3, 0.4) is 0 Å². The zero-order valence-electron chi connectivity index (χ0n) is 12.8. The molecule has 0 radical (unpaired) electrons. The smallest absolute Gasteiger partial charge is 0.332 e. The van der Waals surface area contributed by atoms with Gasteiger partial charge in [0.15, 0.2) is 5.52 Å². The molecule has 5 heterocycles. The van der Waals surface area contributed by atoms with Crippen LogP contribution in [-0.4, -0.2) is 56.8 Å². The van der Waals surface area contributed by atoms with Crippen LogP contribution in [0.4, 0.5) is 0 Å². The molecule has 0 saturated carbocycles. The van der Waals surface area contributed by atoms with E-state index in [0.717, 1.165) is 4.57 Å². The Balaban J connectivity index is 1.75. The second-order valence-corrected chi connectivity index (χ2v) is 6.41. The van der Waals surface area contributed by atoms with Crippen molar-refractivity contribution in [3.63, 3.8) is 0 Å². The number of nitrogens with zero attached hydrogens (tertiary/aromatic N) is 3. The molecule has 0 aromatic carbocycles. The Morgan fingerprint density at radius 2 is 1.33 bits per heavy atom. The molecule has 3 atom stereocenters. The molecule has 3 saturated heterocycles. The average molecular weight is 336 g/mol. The highest BCUT2D eigenvalue weighted by molar-refractivity contribution is 5.70. The maximum absolute atomic E-state index is 12.8. The van der Waals surface area contributed by atoms with E-state index in [-0.39, 0.29) is 36.0 Å². The standard InChI is InChI=1S/C14H16N4O6/c19-12-10-11(15-13(20)16(10)1-7-4-22-7)17(2-8-5-23-8)14(21)18(12)3-9-6-24-9/h7-9H,1-6H2,(H,15,20). The Labute approximate surface area is 134 Å². The van der Waals surface area contributed by atoms with Gasteiger partial charge in [0.1, 0.15) is 5.65 Å². The molecule has 24 heavy (non-hydrogen) atoms. The van der Waals surface area contributed by atoms with E-state index in [2.05, 4.69) is 4.98 Å². The van der Waals surface area contributed by atoms with Crippen molar-refractivity contribution in [2.45, 2.75) is 37.9 Å². The quantitative estimate of drug-likeness (QED) is 0.601. The molecule has 0 bridgehead atoms. The minimum Gasteiger partial charge on any atom is -0.371 e. The van der Waals surface area contributed by atoms with Gasteiger partial charge in [0, 0.05) is 0 Å². The third-order valence-corrected chi connectivity index (χ3v) is 4.51. The zero-order chi connectivity index (χ0) is 16.4. The summed E-state index contributed by atoms with van der Waals surface area (Å²) in [5.41, 5.74) is -0.884. The van der Waals surface area contributed by atoms with Crippen molar-refractivity contribution in [3.05, 3.63) is 31.3 Å². The van der Waals surface area contributed by atoms with E-state index in [0.29, 0.717) is 32.9 Å². The fourth-order valence-corrected chi connectivity index (χ4v) is 2.96. The lowest BCUT2D eigenvalue weighted by atomic mass is 10.4. The van der Waals surface area contributed by atoms with Gasteiger partial charge in [-0.15, -0.1) is 0 Å². The summed E-state index contributed by atoms with van der Waals surface area (Å²) in [7, 11) is 0. The first-order chi connectivity index (χ1) is 11.6. The van der Waals surface area contributed by atoms with Crippen molar-refractivity contribution in [2.75, 3.05) is 19.8 Å². The number of aromatic nitrogens is 4. The summed E-state index contributed by atoms with van der Waals surface area (Å²) >= 11 is 0. The van der Waals surface area contributed by atoms with Crippen molar-refractivity contribution < 1.29 is 14.2 Å².